The summed E-state index contributed by atoms with van der Waals surface area (Å²) < 4.78 is 0. The normalized spacial score (nSPS) is 23.0. The smallest absolute Gasteiger partial charge is 0.230 e. The minimum absolute atomic E-state index is 0. The van der Waals surface area contributed by atoms with Gasteiger partial charge in [0.25, 0.3) is 0 Å². The Hall–Kier alpha value is -1.06. The van der Waals surface area contributed by atoms with Crippen molar-refractivity contribution in [3.63, 3.8) is 0 Å². The van der Waals surface area contributed by atoms with Crippen molar-refractivity contribution < 1.29 is 4.79 Å². The third-order valence-corrected chi connectivity index (χ3v) is 4.84. The van der Waals surface area contributed by atoms with E-state index < -0.39 is 0 Å². The third kappa shape index (κ3) is 2.70. The zero-order valence-electron chi connectivity index (χ0n) is 12.2. The lowest BCUT2D eigenvalue weighted by Crippen LogP contribution is -2.34. The first-order chi connectivity index (χ1) is 9.12. The van der Waals surface area contributed by atoms with E-state index in [1.54, 1.807) is 0 Å². The van der Waals surface area contributed by atoms with E-state index in [-0.39, 0.29) is 18.3 Å². The second-order valence-electron chi connectivity index (χ2n) is 6.10. The monoisotopic (exact) mass is 294 g/mol. The number of rotatable bonds is 2. The second-order valence-corrected chi connectivity index (χ2v) is 6.10. The molecule has 0 aromatic heterocycles. The summed E-state index contributed by atoms with van der Waals surface area (Å²) in [5, 5.41) is 3.38. The number of aryl methyl sites for hydroxylation is 1. The van der Waals surface area contributed by atoms with E-state index in [9.17, 15) is 4.79 Å². The van der Waals surface area contributed by atoms with Crippen molar-refractivity contribution in [1.29, 1.82) is 0 Å². The zero-order chi connectivity index (χ0) is 13.5. The standard InChI is InChI=1S/C16H22N2O.ClH/c1-12-3-5-13(6-4-12)18(2)15(19)14-11-16(14)7-9-17-10-8-16;/h3-6,14,17H,7-11H2,1-2H3;1H. The Balaban J connectivity index is 0.00000147. The van der Waals surface area contributed by atoms with Crippen LogP contribution in [0.3, 0.4) is 0 Å². The summed E-state index contributed by atoms with van der Waals surface area (Å²) in [6.45, 7) is 4.20. The van der Waals surface area contributed by atoms with Crippen LogP contribution in [0.1, 0.15) is 24.8 Å². The van der Waals surface area contributed by atoms with Crippen LogP contribution in [0.4, 0.5) is 5.69 Å². The van der Waals surface area contributed by atoms with Crippen molar-refractivity contribution in [2.24, 2.45) is 11.3 Å². The summed E-state index contributed by atoms with van der Waals surface area (Å²) in [6, 6.07) is 8.19. The van der Waals surface area contributed by atoms with Crippen LogP contribution >= 0.6 is 12.4 Å². The van der Waals surface area contributed by atoms with Crippen molar-refractivity contribution in [1.82, 2.24) is 5.32 Å². The van der Waals surface area contributed by atoms with Crippen molar-refractivity contribution >= 4 is 24.0 Å². The number of nitrogens with zero attached hydrogens (tertiary/aromatic N) is 1. The molecule has 20 heavy (non-hydrogen) atoms. The summed E-state index contributed by atoms with van der Waals surface area (Å²) in [7, 11) is 1.90. The molecule has 0 bridgehead atoms. The van der Waals surface area contributed by atoms with Gasteiger partial charge in [-0.15, -0.1) is 12.4 Å². The van der Waals surface area contributed by atoms with Crippen LogP contribution in [0.2, 0.25) is 0 Å². The molecule has 0 radical (unpaired) electrons. The average Bonchev–Trinajstić information content (AvgIpc) is 3.12. The first kappa shape index (κ1) is 15.3. The van der Waals surface area contributed by atoms with Gasteiger partial charge in [0.2, 0.25) is 5.91 Å². The fourth-order valence-electron chi connectivity index (χ4n) is 3.30. The number of nitrogens with one attached hydrogen (secondary N) is 1. The fourth-order valence-corrected chi connectivity index (χ4v) is 3.30. The van der Waals surface area contributed by atoms with Crippen molar-refractivity contribution in [3.05, 3.63) is 29.8 Å². The molecule has 3 nitrogen and oxygen atoms in total. The van der Waals surface area contributed by atoms with Gasteiger partial charge in [-0.3, -0.25) is 4.79 Å². The first-order valence-corrected chi connectivity index (χ1v) is 7.17. The van der Waals surface area contributed by atoms with E-state index in [0.717, 1.165) is 38.0 Å². The molecule has 1 aliphatic heterocycles. The van der Waals surface area contributed by atoms with E-state index in [1.165, 1.54) is 5.56 Å². The Bertz CT molecular complexity index is 480. The van der Waals surface area contributed by atoms with Crippen LogP contribution in [0.15, 0.2) is 24.3 Å². The van der Waals surface area contributed by atoms with E-state index in [1.807, 2.05) is 24.1 Å². The average molecular weight is 295 g/mol. The molecule has 1 spiro atoms. The molecule has 1 heterocycles. The van der Waals surface area contributed by atoms with E-state index in [0.29, 0.717) is 11.3 Å². The van der Waals surface area contributed by atoms with Gasteiger partial charge in [-0.2, -0.15) is 0 Å². The number of anilines is 1. The van der Waals surface area contributed by atoms with E-state index in [4.69, 9.17) is 0 Å². The van der Waals surface area contributed by atoms with Crippen molar-refractivity contribution in [2.75, 3.05) is 25.0 Å². The molecule has 1 amide bonds. The molecule has 1 aromatic rings. The van der Waals surface area contributed by atoms with Gasteiger partial charge in [0.15, 0.2) is 0 Å². The van der Waals surface area contributed by atoms with Crippen LogP contribution in [-0.4, -0.2) is 26.0 Å². The molecule has 1 aromatic carbocycles. The van der Waals surface area contributed by atoms with E-state index >= 15 is 0 Å². The van der Waals surface area contributed by atoms with Crippen LogP contribution in [0.25, 0.3) is 0 Å². The van der Waals surface area contributed by atoms with Gasteiger partial charge in [-0.25, -0.2) is 0 Å². The van der Waals surface area contributed by atoms with Crippen molar-refractivity contribution in [3.8, 4) is 0 Å². The molecule has 1 aliphatic carbocycles. The Morgan fingerprint density at radius 3 is 2.45 bits per heavy atom. The number of hydrogen-bond acceptors (Lipinski definition) is 2. The SMILES string of the molecule is Cc1ccc(N(C)C(=O)C2CC23CCNCC3)cc1.Cl. The van der Waals surface area contributed by atoms with Gasteiger partial charge in [0, 0.05) is 18.7 Å². The Morgan fingerprint density at radius 1 is 1.25 bits per heavy atom. The predicted molar refractivity (Wildman–Crippen MR) is 84.5 cm³/mol. The summed E-state index contributed by atoms with van der Waals surface area (Å²) in [4.78, 5) is 14.4. The molecule has 1 saturated carbocycles. The van der Waals surface area contributed by atoms with Crippen LogP contribution in [0.5, 0.6) is 0 Å². The molecular weight excluding hydrogens is 272 g/mol. The Labute approximate surface area is 127 Å². The molecule has 3 rings (SSSR count). The van der Waals surface area contributed by atoms with Gasteiger partial charge < -0.3 is 10.2 Å². The number of carbonyl (C=O) groups is 1. The fraction of sp³-hybridized carbons (Fsp3) is 0.562. The molecule has 1 atom stereocenters. The highest BCUT2D eigenvalue weighted by atomic mass is 35.5. The maximum atomic E-state index is 12.6. The first-order valence-electron chi connectivity index (χ1n) is 7.17. The number of carbonyl (C=O) groups excluding carboxylic acids is 1. The van der Waals surface area contributed by atoms with Gasteiger partial charge in [-0.1, -0.05) is 17.7 Å². The van der Waals surface area contributed by atoms with Gasteiger partial charge in [-0.05, 0) is 56.8 Å². The predicted octanol–water partition coefficient (Wildman–Crippen LogP) is 2.77. The molecule has 110 valence electrons. The van der Waals surface area contributed by atoms with Crippen molar-refractivity contribution in [2.45, 2.75) is 26.2 Å². The highest BCUT2D eigenvalue weighted by molar-refractivity contribution is 5.96. The Morgan fingerprint density at radius 2 is 1.85 bits per heavy atom. The van der Waals surface area contributed by atoms with Crippen LogP contribution < -0.4 is 10.2 Å². The topological polar surface area (TPSA) is 32.3 Å². The van der Waals surface area contributed by atoms with E-state index in [2.05, 4.69) is 24.4 Å². The number of halogens is 1. The maximum Gasteiger partial charge on any atom is 0.230 e. The number of hydrogen-bond donors (Lipinski definition) is 1. The molecule has 2 fully saturated rings. The maximum absolute atomic E-state index is 12.6. The summed E-state index contributed by atoms with van der Waals surface area (Å²) in [5.74, 6) is 0.548. The number of amides is 1. The lowest BCUT2D eigenvalue weighted by molar-refractivity contribution is -0.120. The third-order valence-electron chi connectivity index (χ3n) is 4.84. The largest absolute Gasteiger partial charge is 0.317 e. The minimum Gasteiger partial charge on any atom is -0.317 e. The lowest BCUT2D eigenvalue weighted by Gasteiger charge is -2.25. The van der Waals surface area contributed by atoms with Gasteiger partial charge in [0.05, 0.1) is 0 Å². The summed E-state index contributed by atoms with van der Waals surface area (Å²) in [6.07, 6.45) is 3.40. The quantitative estimate of drug-likeness (QED) is 0.910. The van der Waals surface area contributed by atoms with Gasteiger partial charge >= 0.3 is 0 Å². The molecular formula is C16H23ClN2O. The van der Waals surface area contributed by atoms with Gasteiger partial charge in [0.1, 0.15) is 0 Å². The minimum atomic E-state index is 0. The summed E-state index contributed by atoms with van der Waals surface area (Å²) >= 11 is 0. The molecule has 1 N–H and O–H groups in total. The number of benzene rings is 1. The second kappa shape index (κ2) is 5.74. The van der Waals surface area contributed by atoms with Crippen LogP contribution in [0, 0.1) is 18.3 Å². The number of piperidine rings is 1. The highest BCUT2D eigenvalue weighted by Gasteiger charge is 2.58. The molecule has 1 unspecified atom stereocenters. The molecule has 1 saturated heterocycles. The molecule has 4 heteroatoms. The zero-order valence-corrected chi connectivity index (χ0v) is 13.0. The lowest BCUT2D eigenvalue weighted by atomic mass is 9.91. The Kier molecular flexibility index (Phi) is 4.40. The summed E-state index contributed by atoms with van der Waals surface area (Å²) in [5.41, 5.74) is 2.55. The van der Waals surface area contributed by atoms with Crippen LogP contribution in [-0.2, 0) is 4.79 Å². The molecule has 2 aliphatic rings. The highest BCUT2D eigenvalue weighted by Crippen LogP contribution is 2.59.